The zero-order chi connectivity index (χ0) is 14.1. The van der Waals surface area contributed by atoms with Gasteiger partial charge in [0.05, 0.1) is 5.02 Å². The van der Waals surface area contributed by atoms with Crippen LogP contribution in [0.5, 0.6) is 0 Å². The highest BCUT2D eigenvalue weighted by Gasteiger charge is 2.12. The Morgan fingerprint density at radius 1 is 1.10 bits per heavy atom. The van der Waals surface area contributed by atoms with Crippen molar-refractivity contribution in [2.75, 3.05) is 0 Å². The number of hydrogen-bond donors (Lipinski definition) is 0. The second-order valence-corrected chi connectivity index (χ2v) is 4.55. The van der Waals surface area contributed by atoms with Crippen molar-refractivity contribution in [1.29, 1.82) is 0 Å². The van der Waals surface area contributed by atoms with Crippen molar-refractivity contribution in [1.82, 2.24) is 24.7 Å². The van der Waals surface area contributed by atoms with Gasteiger partial charge in [0.25, 0.3) is 5.95 Å². The minimum atomic E-state index is -0.443. The molecule has 0 aliphatic heterocycles. The van der Waals surface area contributed by atoms with Crippen molar-refractivity contribution >= 4 is 23.2 Å². The number of benzene rings is 1. The third-order valence-corrected chi connectivity index (χ3v) is 2.97. The molecule has 5 nitrogen and oxygen atoms in total. The summed E-state index contributed by atoms with van der Waals surface area (Å²) in [6, 6.07) is 5.63. The lowest BCUT2D eigenvalue weighted by Gasteiger charge is -2.06. The van der Waals surface area contributed by atoms with Crippen LogP contribution in [0.25, 0.3) is 17.3 Å². The van der Waals surface area contributed by atoms with Crippen molar-refractivity contribution in [3.8, 4) is 17.3 Å². The van der Waals surface area contributed by atoms with E-state index in [1.54, 1.807) is 18.5 Å². The normalized spacial score (nSPS) is 10.8. The number of rotatable bonds is 2. The van der Waals surface area contributed by atoms with Crippen LogP contribution in [0, 0.1) is 5.82 Å². The van der Waals surface area contributed by atoms with Gasteiger partial charge in [-0.3, -0.25) is 0 Å². The van der Waals surface area contributed by atoms with Gasteiger partial charge >= 0.3 is 0 Å². The Labute approximate surface area is 123 Å². The first-order chi connectivity index (χ1) is 9.63. The predicted octanol–water partition coefficient (Wildman–Crippen LogP) is 3.17. The molecule has 2 aromatic heterocycles. The van der Waals surface area contributed by atoms with Crippen LogP contribution in [-0.2, 0) is 0 Å². The highest BCUT2D eigenvalue weighted by atomic mass is 35.5. The summed E-state index contributed by atoms with van der Waals surface area (Å²) >= 11 is 11.9. The molecule has 0 unspecified atom stereocenters. The molecule has 1 aromatic carbocycles. The summed E-state index contributed by atoms with van der Waals surface area (Å²) in [6.07, 6.45) is 3.23. The van der Waals surface area contributed by atoms with Gasteiger partial charge in [-0.15, -0.1) is 0 Å². The average Bonchev–Trinajstić information content (AvgIpc) is 2.95. The molecule has 0 saturated heterocycles. The van der Waals surface area contributed by atoms with Crippen LogP contribution in [0.2, 0.25) is 10.3 Å². The molecule has 0 N–H and O–H groups in total. The SMILES string of the molecule is Fc1ccc(Cl)c(-c2nc(Cl)nc(-n3cccn3)n2)c1. The van der Waals surface area contributed by atoms with Gasteiger partial charge in [0, 0.05) is 18.0 Å². The first-order valence-electron chi connectivity index (χ1n) is 5.50. The molecular weight excluding hydrogens is 304 g/mol. The lowest BCUT2D eigenvalue weighted by molar-refractivity contribution is 0.628. The van der Waals surface area contributed by atoms with Gasteiger partial charge in [0.15, 0.2) is 5.82 Å². The first kappa shape index (κ1) is 13.0. The molecule has 2 heterocycles. The highest BCUT2D eigenvalue weighted by Crippen LogP contribution is 2.26. The number of aromatic nitrogens is 5. The summed E-state index contributed by atoms with van der Waals surface area (Å²) in [7, 11) is 0. The van der Waals surface area contributed by atoms with Crippen LogP contribution in [-0.4, -0.2) is 24.7 Å². The van der Waals surface area contributed by atoms with Gasteiger partial charge in [0.2, 0.25) is 5.28 Å². The van der Waals surface area contributed by atoms with E-state index >= 15 is 0 Å². The third kappa shape index (κ3) is 2.48. The van der Waals surface area contributed by atoms with Crippen molar-refractivity contribution in [2.45, 2.75) is 0 Å². The van der Waals surface area contributed by atoms with Crippen LogP contribution in [0.1, 0.15) is 0 Å². The molecule has 0 fully saturated rings. The molecule has 0 spiro atoms. The second-order valence-electron chi connectivity index (χ2n) is 3.80. The lowest BCUT2D eigenvalue weighted by atomic mass is 10.2. The molecule has 0 atom stereocenters. The topological polar surface area (TPSA) is 56.5 Å². The number of halogens is 3. The van der Waals surface area contributed by atoms with E-state index in [1.165, 1.54) is 22.9 Å². The third-order valence-electron chi connectivity index (χ3n) is 2.47. The molecular formula is C12H6Cl2FN5. The monoisotopic (exact) mass is 309 g/mol. The van der Waals surface area contributed by atoms with Crippen LogP contribution < -0.4 is 0 Å². The molecule has 0 amide bonds. The summed E-state index contributed by atoms with van der Waals surface area (Å²) in [5, 5.41) is 4.29. The first-order valence-corrected chi connectivity index (χ1v) is 6.26. The molecule has 0 aliphatic rings. The lowest BCUT2D eigenvalue weighted by Crippen LogP contribution is -2.05. The molecule has 100 valence electrons. The predicted molar refractivity (Wildman–Crippen MR) is 72.4 cm³/mol. The van der Waals surface area contributed by atoms with E-state index in [4.69, 9.17) is 23.2 Å². The second kappa shape index (κ2) is 5.15. The fraction of sp³-hybridized carbons (Fsp3) is 0. The Hall–Kier alpha value is -2.05. The van der Waals surface area contributed by atoms with Crippen molar-refractivity contribution < 1.29 is 4.39 Å². The summed E-state index contributed by atoms with van der Waals surface area (Å²) in [5.74, 6) is -0.0353. The Morgan fingerprint density at radius 3 is 2.70 bits per heavy atom. The fourth-order valence-electron chi connectivity index (χ4n) is 1.62. The average molecular weight is 310 g/mol. The molecule has 3 rings (SSSR count). The summed E-state index contributed by atoms with van der Waals surface area (Å²) in [6.45, 7) is 0. The zero-order valence-corrected chi connectivity index (χ0v) is 11.3. The molecule has 0 aliphatic carbocycles. The van der Waals surface area contributed by atoms with Crippen molar-refractivity contribution in [3.05, 3.63) is 52.8 Å². The van der Waals surface area contributed by atoms with E-state index in [1.807, 2.05) is 0 Å². The van der Waals surface area contributed by atoms with Gasteiger partial charge in [-0.25, -0.2) is 9.07 Å². The van der Waals surface area contributed by atoms with Crippen LogP contribution >= 0.6 is 23.2 Å². The Bertz CT molecular complexity index is 761. The van der Waals surface area contributed by atoms with E-state index in [9.17, 15) is 4.39 Å². The van der Waals surface area contributed by atoms with Gasteiger partial charge in [-0.1, -0.05) is 11.6 Å². The van der Waals surface area contributed by atoms with Crippen molar-refractivity contribution in [3.63, 3.8) is 0 Å². The minimum Gasteiger partial charge on any atom is -0.207 e. The summed E-state index contributed by atoms with van der Waals surface area (Å²) in [4.78, 5) is 12.1. The standard InChI is InChI=1S/C12H6Cl2FN5/c13-9-3-2-7(15)6-8(9)10-17-11(14)19-12(18-10)20-5-1-4-16-20/h1-6H. The molecule has 0 saturated carbocycles. The van der Waals surface area contributed by atoms with Gasteiger partial charge in [-0.2, -0.15) is 20.1 Å². The number of nitrogens with zero attached hydrogens (tertiary/aromatic N) is 5. The largest absolute Gasteiger partial charge is 0.255 e. The summed E-state index contributed by atoms with van der Waals surface area (Å²) in [5.41, 5.74) is 0.337. The van der Waals surface area contributed by atoms with E-state index in [0.717, 1.165) is 0 Å². The van der Waals surface area contributed by atoms with E-state index < -0.39 is 5.82 Å². The minimum absolute atomic E-state index is 0.0270. The molecule has 0 radical (unpaired) electrons. The maximum Gasteiger partial charge on any atom is 0.255 e. The van der Waals surface area contributed by atoms with Crippen LogP contribution in [0.15, 0.2) is 36.7 Å². The van der Waals surface area contributed by atoms with Crippen LogP contribution in [0.4, 0.5) is 4.39 Å². The quantitative estimate of drug-likeness (QED) is 0.729. The molecule has 20 heavy (non-hydrogen) atoms. The Kier molecular flexibility index (Phi) is 3.33. The van der Waals surface area contributed by atoms with E-state index in [-0.39, 0.29) is 17.1 Å². The maximum absolute atomic E-state index is 13.3. The van der Waals surface area contributed by atoms with Gasteiger partial charge < -0.3 is 0 Å². The van der Waals surface area contributed by atoms with Gasteiger partial charge in [0.1, 0.15) is 5.82 Å². The summed E-state index contributed by atoms with van der Waals surface area (Å²) < 4.78 is 14.7. The van der Waals surface area contributed by atoms with E-state index in [0.29, 0.717) is 10.6 Å². The molecule has 8 heteroatoms. The van der Waals surface area contributed by atoms with E-state index in [2.05, 4.69) is 20.1 Å². The van der Waals surface area contributed by atoms with Crippen LogP contribution in [0.3, 0.4) is 0 Å². The van der Waals surface area contributed by atoms with Gasteiger partial charge in [-0.05, 0) is 35.9 Å². The molecule has 3 aromatic rings. The number of hydrogen-bond acceptors (Lipinski definition) is 4. The molecule has 0 bridgehead atoms. The highest BCUT2D eigenvalue weighted by molar-refractivity contribution is 6.33. The smallest absolute Gasteiger partial charge is 0.207 e. The maximum atomic E-state index is 13.3. The zero-order valence-electron chi connectivity index (χ0n) is 9.83. The Balaban J connectivity index is 2.17. The van der Waals surface area contributed by atoms with Crippen molar-refractivity contribution in [2.24, 2.45) is 0 Å². The fourth-order valence-corrected chi connectivity index (χ4v) is 1.98. The Morgan fingerprint density at radius 2 is 1.95 bits per heavy atom.